The van der Waals surface area contributed by atoms with Gasteiger partial charge < -0.3 is 4.90 Å². The third-order valence-corrected chi connectivity index (χ3v) is 5.01. The van der Waals surface area contributed by atoms with E-state index < -0.39 is 0 Å². The fraction of sp³-hybridized carbons (Fsp3) is 0.320. The van der Waals surface area contributed by atoms with Crippen LogP contribution in [0.1, 0.15) is 30.0 Å². The van der Waals surface area contributed by atoms with E-state index in [-0.39, 0.29) is 0 Å². The summed E-state index contributed by atoms with van der Waals surface area (Å²) in [6, 6.07) is 19.2. The molecule has 1 heterocycles. The zero-order chi connectivity index (χ0) is 19.1. The number of allylic oxidation sites excluding steroid dienone is 4. The number of benzene rings is 2. The van der Waals surface area contributed by atoms with Crippen molar-refractivity contribution in [1.82, 2.24) is 4.90 Å². The number of amidine groups is 1. The topological polar surface area (TPSA) is 15.6 Å². The first-order valence-electron chi connectivity index (χ1n) is 9.85. The molecule has 1 aliphatic carbocycles. The highest BCUT2D eigenvalue weighted by Crippen LogP contribution is 2.18. The second-order valence-electron chi connectivity index (χ2n) is 7.51. The van der Waals surface area contributed by atoms with Gasteiger partial charge in [0, 0.05) is 19.2 Å². The van der Waals surface area contributed by atoms with E-state index in [1.807, 2.05) is 0 Å². The van der Waals surface area contributed by atoms with Gasteiger partial charge in [0.1, 0.15) is 5.84 Å². The quantitative estimate of drug-likeness (QED) is 0.713. The fourth-order valence-electron chi connectivity index (χ4n) is 3.28. The third kappa shape index (κ3) is 5.68. The lowest BCUT2D eigenvalue weighted by molar-refractivity contribution is 0.557. The molecule has 0 bridgehead atoms. The van der Waals surface area contributed by atoms with E-state index in [4.69, 9.17) is 0 Å². The maximum Gasteiger partial charge on any atom is 0.130 e. The summed E-state index contributed by atoms with van der Waals surface area (Å²) in [7, 11) is 2.09. The van der Waals surface area contributed by atoms with Crippen molar-refractivity contribution >= 4 is 5.84 Å². The van der Waals surface area contributed by atoms with Crippen LogP contribution in [0.15, 0.2) is 83.4 Å². The molecule has 2 heteroatoms. The first kappa shape index (κ1) is 19.2. The number of nitrogens with zero attached hydrogens (tertiary/aromatic N) is 2. The number of aryl methyl sites for hydroxylation is 1. The van der Waals surface area contributed by atoms with Crippen molar-refractivity contribution in [2.75, 3.05) is 20.1 Å². The lowest BCUT2D eigenvalue weighted by Gasteiger charge is -2.13. The molecule has 2 aromatic carbocycles. The molecule has 0 N–H and O–H groups in total. The van der Waals surface area contributed by atoms with Crippen LogP contribution in [-0.4, -0.2) is 30.9 Å². The van der Waals surface area contributed by atoms with Gasteiger partial charge >= 0.3 is 0 Å². The smallest absolute Gasteiger partial charge is 0.130 e. The molecule has 0 saturated heterocycles. The number of hydrogen-bond acceptors (Lipinski definition) is 2. The average Bonchev–Trinajstić information content (AvgIpc) is 3.12. The summed E-state index contributed by atoms with van der Waals surface area (Å²) in [4.78, 5) is 6.66. The van der Waals surface area contributed by atoms with Crippen LogP contribution in [0.3, 0.4) is 0 Å². The lowest BCUT2D eigenvalue weighted by Crippen LogP contribution is -2.23. The van der Waals surface area contributed by atoms with Gasteiger partial charge in [-0.2, -0.15) is 0 Å². The summed E-state index contributed by atoms with van der Waals surface area (Å²) < 4.78 is 0. The van der Waals surface area contributed by atoms with Crippen molar-refractivity contribution in [1.29, 1.82) is 0 Å². The Morgan fingerprint density at radius 1 is 1.04 bits per heavy atom. The van der Waals surface area contributed by atoms with Gasteiger partial charge in [-0.1, -0.05) is 85.3 Å². The molecule has 27 heavy (non-hydrogen) atoms. The molecule has 1 aliphatic heterocycles. The van der Waals surface area contributed by atoms with Crippen LogP contribution in [0, 0.1) is 12.8 Å². The van der Waals surface area contributed by atoms with E-state index in [1.54, 1.807) is 0 Å². The molecule has 0 fully saturated rings. The Bertz CT molecular complexity index is 813. The van der Waals surface area contributed by atoms with Crippen LogP contribution < -0.4 is 0 Å². The van der Waals surface area contributed by atoms with Crippen molar-refractivity contribution < 1.29 is 0 Å². The van der Waals surface area contributed by atoms with Gasteiger partial charge in [0.15, 0.2) is 0 Å². The van der Waals surface area contributed by atoms with Gasteiger partial charge in [0.05, 0.1) is 6.54 Å². The molecule has 0 aromatic heterocycles. The molecule has 1 atom stereocenters. The molecule has 140 valence electrons. The van der Waals surface area contributed by atoms with Crippen LogP contribution >= 0.6 is 0 Å². The maximum absolute atomic E-state index is 4.46. The molecule has 2 aromatic rings. The van der Waals surface area contributed by atoms with Gasteiger partial charge in [-0.25, -0.2) is 0 Å². The summed E-state index contributed by atoms with van der Waals surface area (Å²) in [5.41, 5.74) is 5.38. The lowest BCUT2D eigenvalue weighted by atomic mass is 9.95. The van der Waals surface area contributed by atoms with Crippen molar-refractivity contribution in [3.8, 4) is 0 Å². The Labute approximate surface area is 164 Å². The highest BCUT2D eigenvalue weighted by Gasteiger charge is 2.13. The van der Waals surface area contributed by atoms with Crippen molar-refractivity contribution in [3.63, 3.8) is 0 Å². The summed E-state index contributed by atoms with van der Waals surface area (Å²) in [5.74, 6) is 1.84. The number of aliphatic imine (C=N–C) groups is 1. The fourth-order valence-corrected chi connectivity index (χ4v) is 3.28. The Hall–Kier alpha value is -2.61. The second-order valence-corrected chi connectivity index (χ2v) is 7.51. The van der Waals surface area contributed by atoms with E-state index in [0.29, 0.717) is 0 Å². The molecule has 4 rings (SSSR count). The number of hydrogen-bond donors (Lipinski definition) is 0. The largest absolute Gasteiger partial charge is 0.358 e. The third-order valence-electron chi connectivity index (χ3n) is 5.01. The molecule has 0 radical (unpaired) electrons. The molecular formula is C25H30N2. The molecule has 0 spiro atoms. The Kier molecular flexibility index (Phi) is 6.64. The zero-order valence-corrected chi connectivity index (χ0v) is 16.7. The Balaban J connectivity index is 0.000000156. The van der Waals surface area contributed by atoms with Crippen LogP contribution in [0.5, 0.6) is 0 Å². The van der Waals surface area contributed by atoms with Gasteiger partial charge in [-0.05, 0) is 36.8 Å². The van der Waals surface area contributed by atoms with Crippen molar-refractivity contribution in [2.24, 2.45) is 10.9 Å². The van der Waals surface area contributed by atoms with Gasteiger partial charge in [0.25, 0.3) is 0 Å². The minimum atomic E-state index is 0.717. The molecule has 2 aliphatic rings. The van der Waals surface area contributed by atoms with Crippen LogP contribution in [0.2, 0.25) is 0 Å². The highest BCUT2D eigenvalue weighted by atomic mass is 15.2. The SMILES string of the molecule is CC1C=CC(Cc2ccccc2)=CC1.Cc1ccc(C2=NCCN2C)cc1. The maximum atomic E-state index is 4.46. The van der Waals surface area contributed by atoms with Gasteiger partial charge in [-0.3, -0.25) is 4.99 Å². The normalized spacial score (nSPS) is 18.5. The summed E-state index contributed by atoms with van der Waals surface area (Å²) in [6.45, 7) is 6.33. The number of likely N-dealkylation sites (N-methyl/N-ethyl adjacent to an activating group) is 1. The molecule has 0 saturated carbocycles. The zero-order valence-electron chi connectivity index (χ0n) is 16.7. The average molecular weight is 359 g/mol. The monoisotopic (exact) mass is 358 g/mol. The van der Waals surface area contributed by atoms with Crippen molar-refractivity contribution in [2.45, 2.75) is 26.7 Å². The Morgan fingerprint density at radius 3 is 2.37 bits per heavy atom. The first-order valence-corrected chi connectivity index (χ1v) is 9.85. The Morgan fingerprint density at radius 2 is 1.78 bits per heavy atom. The van der Waals surface area contributed by atoms with Crippen molar-refractivity contribution in [3.05, 3.63) is 95.1 Å². The highest BCUT2D eigenvalue weighted by molar-refractivity contribution is 5.99. The predicted octanol–water partition coefficient (Wildman–Crippen LogP) is 5.44. The van der Waals surface area contributed by atoms with E-state index in [1.165, 1.54) is 28.7 Å². The minimum Gasteiger partial charge on any atom is -0.358 e. The van der Waals surface area contributed by atoms with E-state index in [9.17, 15) is 0 Å². The van der Waals surface area contributed by atoms with Crippen LogP contribution in [-0.2, 0) is 6.42 Å². The summed E-state index contributed by atoms with van der Waals surface area (Å²) in [5, 5.41) is 0. The predicted molar refractivity (Wildman–Crippen MR) is 116 cm³/mol. The van der Waals surface area contributed by atoms with Gasteiger partial charge in [-0.15, -0.1) is 0 Å². The summed E-state index contributed by atoms with van der Waals surface area (Å²) in [6.07, 6.45) is 9.19. The van der Waals surface area contributed by atoms with Gasteiger partial charge in [0.2, 0.25) is 0 Å². The number of rotatable bonds is 3. The standard InChI is InChI=1S/C14H16.C11H14N2/c1-12-7-9-14(10-8-12)11-13-5-3-2-4-6-13;1-9-3-5-10(6-4-9)11-12-7-8-13(11)2/h2-7,9-10,12H,8,11H2,1H3;3-6H,7-8H2,1-2H3. The first-order chi connectivity index (χ1) is 13.1. The summed E-state index contributed by atoms with van der Waals surface area (Å²) >= 11 is 0. The molecular weight excluding hydrogens is 328 g/mol. The van der Waals surface area contributed by atoms with E-state index in [2.05, 4.69) is 104 Å². The molecule has 2 nitrogen and oxygen atoms in total. The second kappa shape index (κ2) is 9.36. The molecule has 0 amide bonds. The van der Waals surface area contributed by atoms with Crippen LogP contribution in [0.25, 0.3) is 0 Å². The molecule has 1 unspecified atom stereocenters. The van der Waals surface area contributed by atoms with Crippen LogP contribution in [0.4, 0.5) is 0 Å². The van der Waals surface area contributed by atoms with E-state index >= 15 is 0 Å². The van der Waals surface area contributed by atoms with E-state index in [0.717, 1.165) is 31.3 Å². The minimum absolute atomic E-state index is 0.717.